The van der Waals surface area contributed by atoms with Crippen LogP contribution in [0.15, 0.2) is 72.8 Å². The number of ether oxygens (including phenoxy) is 1. The van der Waals surface area contributed by atoms with Gasteiger partial charge in [-0.3, -0.25) is 0 Å². The normalized spacial score (nSPS) is 9.71. The van der Waals surface area contributed by atoms with Crippen LogP contribution in [0.3, 0.4) is 0 Å². The summed E-state index contributed by atoms with van der Waals surface area (Å²) in [5, 5.41) is 53.7. The largest absolute Gasteiger partial charge is 0.516 e. The maximum atomic E-state index is 9.21. The van der Waals surface area contributed by atoms with Crippen LogP contribution in [0.2, 0.25) is 0 Å². The summed E-state index contributed by atoms with van der Waals surface area (Å²) in [6.45, 7) is 0. The zero-order chi connectivity index (χ0) is 26.1. The highest BCUT2D eigenvalue weighted by Crippen LogP contribution is 2.39. The van der Waals surface area contributed by atoms with Crippen molar-refractivity contribution < 1.29 is 54.6 Å². The van der Waals surface area contributed by atoms with Gasteiger partial charge < -0.3 is 35.4 Å². The molecule has 11 nitrogen and oxygen atoms in total. The number of fused-ring (bicyclic) bond motifs is 2. The van der Waals surface area contributed by atoms with Gasteiger partial charge in [0.25, 0.3) is 0 Å². The lowest BCUT2D eigenvalue weighted by molar-refractivity contribution is 0.0800. The minimum Gasteiger partial charge on any atom is -0.450 e. The van der Waals surface area contributed by atoms with Gasteiger partial charge in [-0.05, 0) is 43.1 Å². The van der Waals surface area contributed by atoms with Crippen LogP contribution in [0, 0.1) is 0 Å². The van der Waals surface area contributed by atoms with E-state index in [2.05, 4.69) is 77.5 Å². The second-order valence-corrected chi connectivity index (χ2v) is 6.62. The van der Waals surface area contributed by atoms with Gasteiger partial charge in [0.1, 0.15) is 0 Å². The van der Waals surface area contributed by atoms with Gasteiger partial charge >= 0.3 is 24.6 Å². The fourth-order valence-corrected chi connectivity index (χ4v) is 3.65. The smallest absolute Gasteiger partial charge is 0.450 e. The Bertz CT molecular complexity index is 1310. The lowest BCUT2D eigenvalue weighted by Gasteiger charge is -2.13. The average molecular weight is 482 g/mol. The molecule has 35 heavy (non-hydrogen) atoms. The lowest BCUT2D eigenvalue weighted by atomic mass is 9.90. The van der Waals surface area contributed by atoms with Crippen LogP contribution in [0.25, 0.3) is 43.1 Å². The van der Waals surface area contributed by atoms with Crippen molar-refractivity contribution in [1.82, 2.24) is 0 Å². The van der Waals surface area contributed by atoms with E-state index in [-0.39, 0.29) is 0 Å². The molecule has 11 heteroatoms. The van der Waals surface area contributed by atoms with Crippen LogP contribution in [-0.2, 0) is 4.74 Å². The molecule has 0 unspecified atom stereocenters. The van der Waals surface area contributed by atoms with E-state index >= 15 is 0 Å². The van der Waals surface area contributed by atoms with Gasteiger partial charge in [0.05, 0.1) is 0 Å². The van der Waals surface area contributed by atoms with Crippen molar-refractivity contribution >= 4 is 67.7 Å². The summed E-state index contributed by atoms with van der Waals surface area (Å²) in [7, 11) is 0. The molecule has 5 rings (SSSR count). The van der Waals surface area contributed by atoms with Crippen molar-refractivity contribution in [2.75, 3.05) is 0 Å². The van der Waals surface area contributed by atoms with Crippen molar-refractivity contribution in [2.45, 2.75) is 0 Å². The molecule has 0 bridgehead atoms. The van der Waals surface area contributed by atoms with Crippen molar-refractivity contribution in [2.24, 2.45) is 0 Å². The Kier molecular flexibility index (Phi) is 8.53. The number of carboxylic acid groups (broad SMARTS) is 6. The highest BCUT2D eigenvalue weighted by Gasteiger charge is 2.11. The molecule has 0 atom stereocenters. The summed E-state index contributed by atoms with van der Waals surface area (Å²) in [5.41, 5.74) is 0. The third-order valence-corrected chi connectivity index (χ3v) is 4.56. The monoisotopic (exact) mass is 482 g/mol. The maximum absolute atomic E-state index is 9.21. The van der Waals surface area contributed by atoms with Gasteiger partial charge in [0.2, 0.25) is 0 Å². The first-order valence-electron chi connectivity index (χ1n) is 9.54. The van der Waals surface area contributed by atoms with Gasteiger partial charge in [-0.15, -0.1) is 0 Å². The van der Waals surface area contributed by atoms with Gasteiger partial charge in [0, 0.05) is 0 Å². The van der Waals surface area contributed by atoms with E-state index in [1.54, 1.807) is 0 Å². The molecule has 0 heterocycles. The quantitative estimate of drug-likeness (QED) is 0.0605. The van der Waals surface area contributed by atoms with Crippen molar-refractivity contribution in [3.05, 3.63) is 72.8 Å². The van der Waals surface area contributed by atoms with E-state index in [1.807, 2.05) is 0 Å². The summed E-state index contributed by atoms with van der Waals surface area (Å²) in [5.74, 6) is 0. The Morgan fingerprint density at radius 1 is 0.457 bits per heavy atom. The fraction of sp³-hybridized carbons (Fsp3) is 0. The van der Waals surface area contributed by atoms with Crippen LogP contribution >= 0.6 is 0 Å². The summed E-state index contributed by atoms with van der Waals surface area (Å²) in [4.78, 5) is 35.5. The first-order chi connectivity index (χ1) is 16.5. The molecular weight excluding hydrogens is 464 g/mol. The first kappa shape index (κ1) is 25.9. The Hall–Kier alpha value is -5.32. The molecule has 0 saturated carbocycles. The molecule has 0 aliphatic rings. The van der Waals surface area contributed by atoms with E-state index in [9.17, 15) is 9.59 Å². The molecule has 0 aliphatic carbocycles. The van der Waals surface area contributed by atoms with Crippen LogP contribution in [0.4, 0.5) is 19.2 Å². The van der Waals surface area contributed by atoms with E-state index in [4.69, 9.17) is 40.2 Å². The maximum Gasteiger partial charge on any atom is 0.516 e. The minimum atomic E-state index is -1.83. The number of hydrogen-bond donors (Lipinski definition) is 6. The van der Waals surface area contributed by atoms with Gasteiger partial charge in [-0.25, -0.2) is 19.2 Å². The van der Waals surface area contributed by atoms with E-state index in [0.29, 0.717) is 0 Å². The second-order valence-electron chi connectivity index (χ2n) is 6.62. The molecule has 5 aromatic carbocycles. The predicted octanol–water partition coefficient (Wildman–Crippen LogP) is 6.54. The Morgan fingerprint density at radius 2 is 0.686 bits per heavy atom. The molecule has 0 saturated heterocycles. The van der Waals surface area contributed by atoms with E-state index < -0.39 is 24.6 Å². The molecular formula is C24H18O11. The number of benzene rings is 5. The van der Waals surface area contributed by atoms with Crippen molar-refractivity contribution in [3.8, 4) is 0 Å². The van der Waals surface area contributed by atoms with E-state index in [0.717, 1.165) is 0 Å². The van der Waals surface area contributed by atoms with Crippen molar-refractivity contribution in [1.29, 1.82) is 0 Å². The highest BCUT2D eigenvalue weighted by atomic mass is 16.7. The van der Waals surface area contributed by atoms with Crippen LogP contribution in [-0.4, -0.2) is 55.3 Å². The molecule has 6 N–H and O–H groups in total. The van der Waals surface area contributed by atoms with Gasteiger partial charge in [-0.2, -0.15) is 0 Å². The number of rotatable bonds is 0. The third kappa shape index (κ3) is 6.83. The van der Waals surface area contributed by atoms with Gasteiger partial charge in [0.15, 0.2) is 0 Å². The standard InChI is InChI=1S/C20H12.C2H2O5.2CH2O3/c1-5-13-6-2-11-17-18-12-4-8-14-7-3-10-16(20(14)18)15(9-1)19(13)17;3-1(4)7-2(5)6;2*2-1(3)4/h1-12H;(H,3,4)(H,5,6);2*(H2,2,3,4). The molecule has 5 aromatic rings. The average Bonchev–Trinajstić information content (AvgIpc) is 2.76. The zero-order valence-electron chi connectivity index (χ0n) is 17.7. The molecule has 0 radical (unpaired) electrons. The van der Waals surface area contributed by atoms with Crippen LogP contribution in [0.1, 0.15) is 0 Å². The zero-order valence-corrected chi connectivity index (χ0v) is 17.7. The van der Waals surface area contributed by atoms with E-state index in [1.165, 1.54) is 43.1 Å². The molecule has 180 valence electrons. The molecule has 0 aromatic heterocycles. The molecule has 0 spiro atoms. The Morgan fingerprint density at radius 3 is 0.857 bits per heavy atom. The minimum absolute atomic E-state index is 1.33. The SMILES string of the molecule is O=C(O)O.O=C(O)O.O=C(O)OC(=O)O.c1cc2cccc3c4cccc5cccc(c(c1)c23)c54. The Labute approximate surface area is 195 Å². The number of carbonyl (C=O) groups is 4. The topological polar surface area (TPSA) is 199 Å². The molecule has 0 amide bonds. The van der Waals surface area contributed by atoms with Gasteiger partial charge in [-0.1, -0.05) is 72.8 Å². The third-order valence-electron chi connectivity index (χ3n) is 4.56. The summed E-state index contributed by atoms with van der Waals surface area (Å²) in [6.07, 6.45) is -7.29. The Balaban J connectivity index is 0.000000241. The summed E-state index contributed by atoms with van der Waals surface area (Å²) < 4.78 is 3.08. The molecule has 0 fully saturated rings. The first-order valence-corrected chi connectivity index (χ1v) is 9.54. The fourth-order valence-electron chi connectivity index (χ4n) is 3.65. The molecule has 0 aliphatic heterocycles. The lowest BCUT2D eigenvalue weighted by Crippen LogP contribution is -2.05. The highest BCUT2D eigenvalue weighted by molar-refractivity contribution is 6.32. The summed E-state index contributed by atoms with van der Waals surface area (Å²) in [6, 6.07) is 26.4. The van der Waals surface area contributed by atoms with Crippen LogP contribution < -0.4 is 0 Å². The number of hydrogen-bond acceptors (Lipinski definition) is 5. The van der Waals surface area contributed by atoms with Crippen molar-refractivity contribution in [3.63, 3.8) is 0 Å². The second kappa shape index (κ2) is 11.5. The predicted molar refractivity (Wildman–Crippen MR) is 126 cm³/mol. The summed E-state index contributed by atoms with van der Waals surface area (Å²) >= 11 is 0. The van der Waals surface area contributed by atoms with Crippen LogP contribution in [0.5, 0.6) is 0 Å².